The molecule has 0 spiro atoms. The van der Waals surface area contributed by atoms with Crippen LogP contribution in [0.4, 0.5) is 5.82 Å². The highest BCUT2D eigenvalue weighted by molar-refractivity contribution is 5.92. The molecule has 1 aliphatic heterocycles. The van der Waals surface area contributed by atoms with E-state index in [-0.39, 0.29) is 30.1 Å². The van der Waals surface area contributed by atoms with Gasteiger partial charge in [0, 0.05) is 19.4 Å². The fraction of sp³-hybridized carbons (Fsp3) is 0.583. The molecule has 0 saturated carbocycles. The molecule has 0 radical (unpaired) electrons. The number of aryl methyl sites for hydroxylation is 1. The highest BCUT2D eigenvalue weighted by atomic mass is 16.5. The Hall–Kier alpha value is -2.05. The number of nitrogens with two attached hydrogens (primary N) is 1. The number of anilines is 1. The minimum atomic E-state index is -0.522. The van der Waals surface area contributed by atoms with Crippen molar-refractivity contribution in [3.8, 4) is 0 Å². The average molecular weight is 266 g/mol. The lowest BCUT2D eigenvalue weighted by atomic mass is 10.2. The molecule has 2 heterocycles. The summed E-state index contributed by atoms with van der Waals surface area (Å²) < 4.78 is 6.70. The molecule has 1 unspecified atom stereocenters. The molecule has 2 rings (SSSR count). The van der Waals surface area contributed by atoms with Gasteiger partial charge in [-0.05, 0) is 6.92 Å². The van der Waals surface area contributed by atoms with Gasteiger partial charge in [-0.3, -0.25) is 4.79 Å². The van der Waals surface area contributed by atoms with Gasteiger partial charge in [0.25, 0.3) is 0 Å². The maximum absolute atomic E-state index is 11.8. The second kappa shape index (κ2) is 5.29. The van der Waals surface area contributed by atoms with E-state index in [1.807, 2.05) is 6.92 Å². The van der Waals surface area contributed by atoms with Gasteiger partial charge in [0.1, 0.15) is 11.6 Å². The molecule has 1 aromatic rings. The molecule has 0 aromatic carbocycles. The first-order valence-corrected chi connectivity index (χ1v) is 6.38. The van der Waals surface area contributed by atoms with E-state index < -0.39 is 5.97 Å². The van der Waals surface area contributed by atoms with Crippen molar-refractivity contribution < 1.29 is 14.3 Å². The number of hydrogen-bond donors (Lipinski definition) is 2. The summed E-state index contributed by atoms with van der Waals surface area (Å²) in [6.07, 6.45) is 0.990. The third-order valence-electron chi connectivity index (χ3n) is 3.13. The lowest BCUT2D eigenvalue weighted by Crippen LogP contribution is -2.18. The number of rotatable bonds is 4. The third kappa shape index (κ3) is 2.40. The van der Waals surface area contributed by atoms with Gasteiger partial charge < -0.3 is 20.4 Å². The molecule has 3 N–H and O–H groups in total. The summed E-state index contributed by atoms with van der Waals surface area (Å²) in [6, 6.07) is -0.0851. The van der Waals surface area contributed by atoms with Gasteiger partial charge in [-0.2, -0.15) is 0 Å². The van der Waals surface area contributed by atoms with Crippen LogP contribution in [0.1, 0.15) is 42.6 Å². The van der Waals surface area contributed by atoms with Crippen molar-refractivity contribution >= 4 is 17.7 Å². The number of esters is 1. The lowest BCUT2D eigenvalue weighted by molar-refractivity contribution is -0.119. The van der Waals surface area contributed by atoms with Crippen LogP contribution in [0.3, 0.4) is 0 Å². The summed E-state index contributed by atoms with van der Waals surface area (Å²) in [5.74, 6) is 0.433. The molecule has 1 aromatic heterocycles. The Bertz CT molecular complexity index is 509. The van der Waals surface area contributed by atoms with Crippen molar-refractivity contribution in [3.05, 3.63) is 11.5 Å². The van der Waals surface area contributed by atoms with Crippen LogP contribution in [0.5, 0.6) is 0 Å². The Morgan fingerprint density at radius 2 is 2.32 bits per heavy atom. The molecule has 0 bridgehead atoms. The average Bonchev–Trinajstić information content (AvgIpc) is 2.93. The minimum Gasteiger partial charge on any atom is -0.461 e. The molecule has 19 heavy (non-hydrogen) atoms. The first kappa shape index (κ1) is 13.4. The molecule has 104 valence electrons. The molecule has 1 aliphatic rings. The van der Waals surface area contributed by atoms with E-state index in [2.05, 4.69) is 10.3 Å². The first-order chi connectivity index (χ1) is 9.08. The van der Waals surface area contributed by atoms with Crippen LogP contribution in [-0.4, -0.2) is 34.6 Å². The zero-order chi connectivity index (χ0) is 14.0. The SMILES string of the molecule is CCOC(=O)c1nc(CC)n(C2CNC(=O)C2)c1N. The number of nitrogens with one attached hydrogen (secondary N) is 1. The van der Waals surface area contributed by atoms with Crippen LogP contribution in [0, 0.1) is 0 Å². The third-order valence-corrected chi connectivity index (χ3v) is 3.13. The normalized spacial score (nSPS) is 18.4. The first-order valence-electron chi connectivity index (χ1n) is 6.38. The van der Waals surface area contributed by atoms with Crippen LogP contribution in [0.2, 0.25) is 0 Å². The Balaban J connectivity index is 2.37. The molecule has 1 atom stereocenters. The van der Waals surface area contributed by atoms with E-state index in [0.29, 0.717) is 25.2 Å². The minimum absolute atomic E-state index is 0.0159. The summed E-state index contributed by atoms with van der Waals surface area (Å²) >= 11 is 0. The van der Waals surface area contributed by atoms with Gasteiger partial charge in [-0.15, -0.1) is 0 Å². The second-order valence-electron chi connectivity index (χ2n) is 4.37. The monoisotopic (exact) mass is 266 g/mol. The summed E-state index contributed by atoms with van der Waals surface area (Å²) in [5.41, 5.74) is 6.13. The number of hydrogen-bond acceptors (Lipinski definition) is 5. The van der Waals surface area contributed by atoms with Gasteiger partial charge in [0.05, 0.1) is 12.6 Å². The van der Waals surface area contributed by atoms with Crippen molar-refractivity contribution in [1.82, 2.24) is 14.9 Å². The van der Waals surface area contributed by atoms with Crippen molar-refractivity contribution in [2.45, 2.75) is 32.7 Å². The van der Waals surface area contributed by atoms with E-state index in [4.69, 9.17) is 10.5 Å². The molecule has 7 heteroatoms. The van der Waals surface area contributed by atoms with Gasteiger partial charge in [-0.1, -0.05) is 6.92 Å². The van der Waals surface area contributed by atoms with Crippen LogP contribution in [-0.2, 0) is 16.0 Å². The van der Waals surface area contributed by atoms with E-state index in [0.717, 1.165) is 0 Å². The van der Waals surface area contributed by atoms with Crippen LogP contribution >= 0.6 is 0 Å². The molecule has 1 amide bonds. The number of carbonyl (C=O) groups is 2. The number of aromatic nitrogens is 2. The molecule has 1 fully saturated rings. The molecular formula is C12H18N4O3. The van der Waals surface area contributed by atoms with E-state index in [1.54, 1.807) is 11.5 Å². The standard InChI is InChI=1S/C12H18N4O3/c1-3-8-15-10(12(18)19-4-2)11(13)16(8)7-5-9(17)14-6-7/h7H,3-6,13H2,1-2H3,(H,14,17). The number of amides is 1. The molecule has 0 aliphatic carbocycles. The van der Waals surface area contributed by atoms with Crippen molar-refractivity contribution in [1.29, 1.82) is 0 Å². The van der Waals surface area contributed by atoms with E-state index >= 15 is 0 Å². The topological polar surface area (TPSA) is 99.2 Å². The smallest absolute Gasteiger partial charge is 0.360 e. The Kier molecular flexibility index (Phi) is 3.73. The van der Waals surface area contributed by atoms with Gasteiger partial charge >= 0.3 is 5.97 Å². The van der Waals surface area contributed by atoms with Gasteiger partial charge in [0.15, 0.2) is 5.69 Å². The highest BCUT2D eigenvalue weighted by Gasteiger charge is 2.29. The summed E-state index contributed by atoms with van der Waals surface area (Å²) in [7, 11) is 0. The maximum Gasteiger partial charge on any atom is 0.360 e. The van der Waals surface area contributed by atoms with Crippen molar-refractivity contribution in [3.63, 3.8) is 0 Å². The zero-order valence-corrected chi connectivity index (χ0v) is 11.1. The number of imidazole rings is 1. The molecule has 7 nitrogen and oxygen atoms in total. The van der Waals surface area contributed by atoms with Crippen LogP contribution in [0.25, 0.3) is 0 Å². The predicted octanol–water partition coefficient (Wildman–Crippen LogP) is 0.265. The van der Waals surface area contributed by atoms with Crippen LogP contribution in [0.15, 0.2) is 0 Å². The second-order valence-corrected chi connectivity index (χ2v) is 4.37. The number of carbonyl (C=O) groups excluding carboxylic acids is 2. The quantitative estimate of drug-likeness (QED) is 0.762. The lowest BCUT2D eigenvalue weighted by Gasteiger charge is -2.14. The fourth-order valence-corrected chi connectivity index (χ4v) is 2.27. The molecule has 1 saturated heterocycles. The van der Waals surface area contributed by atoms with Crippen LogP contribution < -0.4 is 11.1 Å². The van der Waals surface area contributed by atoms with E-state index in [1.165, 1.54) is 0 Å². The number of nitrogen functional groups attached to an aromatic ring is 1. The van der Waals surface area contributed by atoms with E-state index in [9.17, 15) is 9.59 Å². The predicted molar refractivity (Wildman–Crippen MR) is 68.6 cm³/mol. The van der Waals surface area contributed by atoms with Crippen molar-refractivity contribution in [2.24, 2.45) is 0 Å². The van der Waals surface area contributed by atoms with Crippen molar-refractivity contribution in [2.75, 3.05) is 18.9 Å². The summed E-state index contributed by atoms with van der Waals surface area (Å²) in [6.45, 7) is 4.44. The highest BCUT2D eigenvalue weighted by Crippen LogP contribution is 2.26. The molecular weight excluding hydrogens is 248 g/mol. The summed E-state index contributed by atoms with van der Waals surface area (Å²) in [4.78, 5) is 27.3. The Morgan fingerprint density at radius 1 is 1.58 bits per heavy atom. The largest absolute Gasteiger partial charge is 0.461 e. The Labute approximate surface area is 111 Å². The summed E-state index contributed by atoms with van der Waals surface area (Å²) in [5, 5.41) is 2.75. The van der Waals surface area contributed by atoms with Gasteiger partial charge in [-0.25, -0.2) is 9.78 Å². The number of nitrogens with zero attached hydrogens (tertiary/aromatic N) is 2. The van der Waals surface area contributed by atoms with Gasteiger partial charge in [0.2, 0.25) is 5.91 Å². The maximum atomic E-state index is 11.8. The fourth-order valence-electron chi connectivity index (χ4n) is 2.27. The Morgan fingerprint density at radius 3 is 2.84 bits per heavy atom. The zero-order valence-electron chi connectivity index (χ0n) is 11.1. The number of ether oxygens (including phenoxy) is 1.